The molecule has 0 aliphatic heterocycles. The van der Waals surface area contributed by atoms with Gasteiger partial charge in [-0.25, -0.2) is 8.87 Å². The molecule has 10 heteroatoms. The molecule has 0 aromatic heterocycles. The van der Waals surface area contributed by atoms with Gasteiger partial charge >= 0.3 is 23.7 Å². The molecule has 16 heavy (non-hydrogen) atoms. The molecule has 0 atom stereocenters. The van der Waals surface area contributed by atoms with E-state index in [9.17, 15) is 21.7 Å². The lowest BCUT2D eigenvalue weighted by molar-refractivity contribution is 0.233. The van der Waals surface area contributed by atoms with Crippen molar-refractivity contribution in [3.63, 3.8) is 0 Å². The van der Waals surface area contributed by atoms with E-state index >= 15 is 0 Å². The maximum Gasteiger partial charge on any atom is 0.520 e. The van der Waals surface area contributed by atoms with Crippen LogP contribution in [-0.4, -0.2) is 25.4 Å². The smallest absolute Gasteiger partial charge is 0.418 e. The standard InChI is InChI=1S/C6H9FNO6PS/c1-4-13-15(10,14-5-2)6(9)8(3)16(7,11)12/h4-5H,1-2H2,3H3. The fourth-order valence-electron chi connectivity index (χ4n) is 0.577. The maximum atomic E-state index is 12.4. The van der Waals surface area contributed by atoms with Gasteiger partial charge in [0, 0.05) is 7.05 Å². The molecule has 0 unspecified atom stereocenters. The molecule has 0 heterocycles. The zero-order chi connectivity index (χ0) is 13.0. The summed E-state index contributed by atoms with van der Waals surface area (Å²) >= 11 is 0. The van der Waals surface area contributed by atoms with E-state index in [1.807, 2.05) is 0 Å². The van der Waals surface area contributed by atoms with Crippen LogP contribution in [0, 0.1) is 0 Å². The first-order chi connectivity index (χ1) is 7.19. The Kier molecular flexibility index (Phi) is 4.70. The molecular formula is C6H9FNO6PS. The second kappa shape index (κ2) is 5.13. The molecule has 0 fully saturated rings. The molecule has 0 bridgehead atoms. The van der Waals surface area contributed by atoms with E-state index in [1.54, 1.807) is 0 Å². The van der Waals surface area contributed by atoms with E-state index in [0.29, 0.717) is 19.6 Å². The zero-order valence-corrected chi connectivity index (χ0v) is 9.91. The minimum Gasteiger partial charge on any atom is -0.418 e. The lowest BCUT2D eigenvalue weighted by Crippen LogP contribution is -2.29. The van der Waals surface area contributed by atoms with E-state index < -0.39 is 28.0 Å². The molecule has 0 aliphatic carbocycles. The van der Waals surface area contributed by atoms with Crippen molar-refractivity contribution >= 4 is 23.7 Å². The Morgan fingerprint density at radius 3 is 2.00 bits per heavy atom. The SMILES string of the molecule is C=COP(=O)(OC=C)C(=O)N(C)S(=O)(=O)F. The van der Waals surface area contributed by atoms with Gasteiger partial charge in [0.15, 0.2) is 0 Å². The minimum absolute atomic E-state index is 0.402. The Morgan fingerprint density at radius 2 is 1.75 bits per heavy atom. The van der Waals surface area contributed by atoms with Crippen LogP contribution in [0.5, 0.6) is 0 Å². The molecule has 0 saturated carbocycles. The van der Waals surface area contributed by atoms with Gasteiger partial charge < -0.3 is 9.05 Å². The number of nitrogens with zero attached hydrogens (tertiary/aromatic N) is 1. The topological polar surface area (TPSA) is 90.0 Å². The fraction of sp³-hybridized carbons (Fsp3) is 0.167. The number of carbonyl (C=O) groups is 1. The summed E-state index contributed by atoms with van der Waals surface area (Å²) in [5.74, 6) is 0. The zero-order valence-electron chi connectivity index (χ0n) is 8.20. The molecule has 0 rings (SSSR count). The molecule has 0 N–H and O–H groups in total. The van der Waals surface area contributed by atoms with Crippen molar-refractivity contribution in [2.75, 3.05) is 7.05 Å². The van der Waals surface area contributed by atoms with Crippen LogP contribution in [0.3, 0.4) is 0 Å². The third kappa shape index (κ3) is 3.35. The second-order valence-electron chi connectivity index (χ2n) is 2.23. The minimum atomic E-state index is -5.34. The van der Waals surface area contributed by atoms with E-state index in [1.165, 1.54) is 0 Å². The first-order valence-corrected chi connectivity index (χ1v) is 6.49. The number of carbonyl (C=O) groups excluding carboxylic acids is 1. The van der Waals surface area contributed by atoms with Crippen LogP contribution >= 0.6 is 7.60 Å². The van der Waals surface area contributed by atoms with Gasteiger partial charge in [0.1, 0.15) is 0 Å². The van der Waals surface area contributed by atoms with Gasteiger partial charge in [0.25, 0.3) is 0 Å². The average Bonchev–Trinajstić information content (AvgIpc) is 2.14. The summed E-state index contributed by atoms with van der Waals surface area (Å²) < 4.78 is 52.9. The Bertz CT molecular complexity index is 432. The van der Waals surface area contributed by atoms with Crippen molar-refractivity contribution in [1.29, 1.82) is 0 Å². The van der Waals surface area contributed by atoms with Crippen molar-refractivity contribution < 1.29 is 30.7 Å². The van der Waals surface area contributed by atoms with Gasteiger partial charge in [-0.1, -0.05) is 17.0 Å². The third-order valence-corrected chi connectivity index (χ3v) is 3.83. The van der Waals surface area contributed by atoms with E-state index in [2.05, 4.69) is 22.2 Å². The maximum absolute atomic E-state index is 12.4. The van der Waals surface area contributed by atoms with Crippen LogP contribution in [-0.2, 0) is 24.0 Å². The third-order valence-electron chi connectivity index (χ3n) is 1.26. The van der Waals surface area contributed by atoms with Gasteiger partial charge in [0.2, 0.25) is 0 Å². The molecular weight excluding hydrogens is 264 g/mol. The molecule has 0 aromatic rings. The van der Waals surface area contributed by atoms with Gasteiger partial charge in [-0.15, -0.1) is 0 Å². The van der Waals surface area contributed by atoms with E-state index in [-0.39, 0.29) is 0 Å². The predicted molar refractivity (Wildman–Crippen MR) is 53.4 cm³/mol. The summed E-state index contributed by atoms with van der Waals surface area (Å²) in [6, 6.07) is 0. The first kappa shape index (κ1) is 14.7. The highest BCUT2D eigenvalue weighted by Gasteiger charge is 2.43. The van der Waals surface area contributed by atoms with Crippen LogP contribution < -0.4 is 0 Å². The molecule has 0 saturated heterocycles. The van der Waals surface area contributed by atoms with Gasteiger partial charge in [-0.2, -0.15) is 8.42 Å². The Morgan fingerprint density at radius 1 is 1.38 bits per heavy atom. The number of hydrogen-bond acceptors (Lipinski definition) is 6. The predicted octanol–water partition coefficient (Wildman–Crippen LogP) is 1.77. The highest BCUT2D eigenvalue weighted by atomic mass is 32.3. The van der Waals surface area contributed by atoms with Crippen LogP contribution in [0.4, 0.5) is 8.68 Å². The Hall–Kier alpha value is -1.34. The molecule has 0 aliphatic rings. The number of amides is 1. The van der Waals surface area contributed by atoms with Gasteiger partial charge in [-0.05, 0) is 0 Å². The number of rotatable bonds is 6. The van der Waals surface area contributed by atoms with E-state index in [0.717, 1.165) is 0 Å². The number of halogens is 1. The fourth-order valence-corrected chi connectivity index (χ4v) is 2.32. The van der Waals surface area contributed by atoms with Crippen molar-refractivity contribution in [3.8, 4) is 0 Å². The largest absolute Gasteiger partial charge is 0.520 e. The first-order valence-electron chi connectivity index (χ1n) is 3.60. The molecule has 92 valence electrons. The summed E-state index contributed by atoms with van der Waals surface area (Å²) in [6.45, 7) is 6.02. The summed E-state index contributed by atoms with van der Waals surface area (Å²) in [5.41, 5.74) is -1.70. The van der Waals surface area contributed by atoms with Gasteiger partial charge in [0.05, 0.1) is 12.5 Å². The monoisotopic (exact) mass is 273 g/mol. The lowest BCUT2D eigenvalue weighted by Gasteiger charge is -2.17. The molecule has 0 spiro atoms. The van der Waals surface area contributed by atoms with Gasteiger partial charge in [-0.3, -0.25) is 4.79 Å². The average molecular weight is 273 g/mol. The van der Waals surface area contributed by atoms with Crippen molar-refractivity contribution in [3.05, 3.63) is 25.7 Å². The second-order valence-corrected chi connectivity index (χ2v) is 5.40. The summed E-state index contributed by atoms with van der Waals surface area (Å²) in [7, 11) is -9.31. The molecule has 0 radical (unpaired) electrons. The Labute approximate surface area is 92.0 Å². The number of hydrogen-bond donors (Lipinski definition) is 0. The van der Waals surface area contributed by atoms with Crippen LogP contribution in [0.15, 0.2) is 25.7 Å². The highest BCUT2D eigenvalue weighted by molar-refractivity contribution is 7.86. The molecule has 0 aromatic carbocycles. The van der Waals surface area contributed by atoms with Crippen molar-refractivity contribution in [2.45, 2.75) is 0 Å². The lowest BCUT2D eigenvalue weighted by atomic mass is 11.2. The molecule has 7 nitrogen and oxygen atoms in total. The van der Waals surface area contributed by atoms with Crippen LogP contribution in [0.2, 0.25) is 0 Å². The van der Waals surface area contributed by atoms with Crippen molar-refractivity contribution in [2.24, 2.45) is 0 Å². The summed E-state index contributed by atoms with van der Waals surface area (Å²) in [6.07, 6.45) is 1.20. The molecule has 1 amide bonds. The van der Waals surface area contributed by atoms with Crippen LogP contribution in [0.25, 0.3) is 0 Å². The quantitative estimate of drug-likeness (QED) is 0.416. The van der Waals surface area contributed by atoms with E-state index in [4.69, 9.17) is 0 Å². The Balaban J connectivity index is 5.26. The summed E-state index contributed by atoms with van der Waals surface area (Å²) in [5, 5.41) is 0. The normalized spacial score (nSPS) is 11.4. The summed E-state index contributed by atoms with van der Waals surface area (Å²) in [4.78, 5) is 11.3. The van der Waals surface area contributed by atoms with Crippen LogP contribution in [0.1, 0.15) is 0 Å². The highest BCUT2D eigenvalue weighted by Crippen LogP contribution is 2.51. The van der Waals surface area contributed by atoms with Crippen molar-refractivity contribution in [1.82, 2.24) is 4.31 Å².